The van der Waals surface area contributed by atoms with Gasteiger partial charge in [0, 0.05) is 30.0 Å². The quantitative estimate of drug-likeness (QED) is 0.632. The van der Waals surface area contributed by atoms with Gasteiger partial charge in [-0.05, 0) is 50.3 Å². The summed E-state index contributed by atoms with van der Waals surface area (Å²) in [4.78, 5) is 40.1. The van der Waals surface area contributed by atoms with Crippen LogP contribution in [0.2, 0.25) is 0 Å². The van der Waals surface area contributed by atoms with Gasteiger partial charge in [0.05, 0.1) is 19.6 Å². The number of carbonyl (C=O) groups is 3. The normalized spacial score (nSPS) is 18.2. The number of likely N-dealkylation sites (tertiary alicyclic amines) is 1. The molecule has 1 saturated heterocycles. The Labute approximate surface area is 191 Å². The summed E-state index contributed by atoms with van der Waals surface area (Å²) in [6.07, 6.45) is 3.45. The number of thiophene rings is 1. The Balaban J connectivity index is 1.54. The summed E-state index contributed by atoms with van der Waals surface area (Å²) in [7, 11) is 1.60. The van der Waals surface area contributed by atoms with Crippen molar-refractivity contribution in [1.29, 1.82) is 0 Å². The molecule has 1 atom stereocenters. The van der Waals surface area contributed by atoms with E-state index in [4.69, 9.17) is 9.47 Å². The fourth-order valence-corrected chi connectivity index (χ4v) is 4.99. The van der Waals surface area contributed by atoms with Crippen LogP contribution < -0.4 is 10.1 Å². The van der Waals surface area contributed by atoms with E-state index in [0.717, 1.165) is 37.0 Å². The van der Waals surface area contributed by atoms with Crippen molar-refractivity contribution in [2.24, 2.45) is 11.8 Å². The number of nitrogens with one attached hydrogen (secondary N) is 1. The van der Waals surface area contributed by atoms with E-state index in [0.29, 0.717) is 29.2 Å². The van der Waals surface area contributed by atoms with E-state index in [9.17, 15) is 14.4 Å². The van der Waals surface area contributed by atoms with Crippen LogP contribution in [0.5, 0.6) is 5.75 Å². The van der Waals surface area contributed by atoms with Crippen molar-refractivity contribution in [3.63, 3.8) is 0 Å². The van der Waals surface area contributed by atoms with Gasteiger partial charge in [0.15, 0.2) is 0 Å². The second kappa shape index (κ2) is 9.73. The number of piperidine rings is 1. The molecule has 1 saturated carbocycles. The second-order valence-corrected chi connectivity index (χ2v) is 9.07. The zero-order valence-corrected chi connectivity index (χ0v) is 19.2. The maximum atomic E-state index is 13.1. The van der Waals surface area contributed by atoms with Gasteiger partial charge in [-0.2, -0.15) is 0 Å². The maximum Gasteiger partial charge on any atom is 0.341 e. The molecule has 7 nitrogen and oxygen atoms in total. The third-order valence-corrected chi connectivity index (χ3v) is 6.83. The monoisotopic (exact) mass is 456 g/mol. The zero-order chi connectivity index (χ0) is 22.7. The molecular formula is C24H28N2O5S. The molecule has 1 aromatic carbocycles. The van der Waals surface area contributed by atoms with E-state index in [1.807, 2.05) is 34.5 Å². The first-order valence-electron chi connectivity index (χ1n) is 11.0. The lowest BCUT2D eigenvalue weighted by molar-refractivity contribution is -0.135. The lowest BCUT2D eigenvalue weighted by Crippen LogP contribution is -2.44. The molecule has 1 aliphatic heterocycles. The molecule has 1 aliphatic carbocycles. The van der Waals surface area contributed by atoms with Crippen LogP contribution in [0.15, 0.2) is 29.6 Å². The highest BCUT2D eigenvalue weighted by atomic mass is 32.1. The Bertz CT molecular complexity index is 996. The highest BCUT2D eigenvalue weighted by Gasteiger charge is 2.37. The van der Waals surface area contributed by atoms with Gasteiger partial charge in [-0.1, -0.05) is 12.1 Å². The van der Waals surface area contributed by atoms with E-state index in [1.54, 1.807) is 14.0 Å². The maximum absolute atomic E-state index is 13.1. The second-order valence-electron chi connectivity index (χ2n) is 8.19. The average molecular weight is 457 g/mol. The van der Waals surface area contributed by atoms with E-state index in [2.05, 4.69) is 5.32 Å². The molecule has 4 rings (SSSR count). The lowest BCUT2D eigenvalue weighted by Gasteiger charge is -2.32. The Morgan fingerprint density at radius 3 is 2.53 bits per heavy atom. The van der Waals surface area contributed by atoms with Crippen molar-refractivity contribution in [3.8, 4) is 16.9 Å². The topological polar surface area (TPSA) is 84.9 Å². The Kier molecular flexibility index (Phi) is 6.79. The molecule has 8 heteroatoms. The Hall–Kier alpha value is -2.87. The predicted octanol–water partition coefficient (Wildman–Crippen LogP) is 4.19. The van der Waals surface area contributed by atoms with Gasteiger partial charge in [0.1, 0.15) is 16.3 Å². The number of rotatable bonds is 7. The standard InChI is InChI=1S/C24H28N2O5S/c1-3-31-24(29)20-19(15-8-10-18(30-2)11-9-15)14-32-22(20)25-21(27)17-5-4-12-26(13-17)23(28)16-6-7-16/h8-11,14,16-17H,3-7,12-13H2,1-2H3,(H,25,27). The van der Waals surface area contributed by atoms with Gasteiger partial charge in [-0.15, -0.1) is 11.3 Å². The fourth-order valence-electron chi connectivity index (χ4n) is 4.03. The SMILES string of the molecule is CCOC(=O)c1c(-c2ccc(OC)cc2)csc1NC(=O)C1CCCN(C(=O)C2CC2)C1. The minimum atomic E-state index is -0.468. The first-order chi connectivity index (χ1) is 15.5. The van der Waals surface area contributed by atoms with Gasteiger partial charge in [0.25, 0.3) is 0 Å². The molecule has 1 aromatic heterocycles. The molecule has 2 amide bonds. The zero-order valence-electron chi connectivity index (χ0n) is 18.4. The van der Waals surface area contributed by atoms with E-state index in [1.165, 1.54) is 11.3 Å². The molecule has 2 aliphatic rings. The molecular weight excluding hydrogens is 428 g/mol. The van der Waals surface area contributed by atoms with Crippen LogP contribution in [0.25, 0.3) is 11.1 Å². The number of amides is 2. The summed E-state index contributed by atoms with van der Waals surface area (Å²) in [6.45, 7) is 3.15. The number of hydrogen-bond acceptors (Lipinski definition) is 6. The third-order valence-electron chi connectivity index (χ3n) is 5.94. The summed E-state index contributed by atoms with van der Waals surface area (Å²) in [5.74, 6) is 0.131. The average Bonchev–Trinajstić information content (AvgIpc) is 3.59. The number of carbonyl (C=O) groups excluding carboxylic acids is 3. The Morgan fingerprint density at radius 1 is 1.12 bits per heavy atom. The molecule has 170 valence electrons. The summed E-state index contributed by atoms with van der Waals surface area (Å²) in [6, 6.07) is 7.40. The van der Waals surface area contributed by atoms with Crippen LogP contribution in [0.3, 0.4) is 0 Å². The number of ether oxygens (including phenoxy) is 2. The van der Waals surface area contributed by atoms with Crippen LogP contribution in [0, 0.1) is 11.8 Å². The van der Waals surface area contributed by atoms with Gasteiger partial charge in [0.2, 0.25) is 11.8 Å². The fraction of sp³-hybridized carbons (Fsp3) is 0.458. The number of nitrogens with zero attached hydrogens (tertiary/aromatic N) is 1. The van der Waals surface area contributed by atoms with Gasteiger partial charge >= 0.3 is 5.97 Å². The first-order valence-corrected chi connectivity index (χ1v) is 11.9. The van der Waals surface area contributed by atoms with E-state index in [-0.39, 0.29) is 30.3 Å². The van der Waals surface area contributed by atoms with Crippen molar-refractivity contribution in [2.75, 3.05) is 32.1 Å². The minimum Gasteiger partial charge on any atom is -0.497 e. The number of methoxy groups -OCH3 is 1. The number of hydrogen-bond donors (Lipinski definition) is 1. The smallest absolute Gasteiger partial charge is 0.341 e. The molecule has 0 radical (unpaired) electrons. The molecule has 2 aromatic rings. The molecule has 0 bridgehead atoms. The summed E-state index contributed by atoms with van der Waals surface area (Å²) < 4.78 is 10.5. The van der Waals surface area contributed by atoms with E-state index >= 15 is 0 Å². The van der Waals surface area contributed by atoms with Crippen molar-refractivity contribution < 1.29 is 23.9 Å². The minimum absolute atomic E-state index is 0.150. The van der Waals surface area contributed by atoms with Crippen LogP contribution in [0.4, 0.5) is 5.00 Å². The lowest BCUT2D eigenvalue weighted by atomic mass is 9.96. The summed E-state index contributed by atoms with van der Waals surface area (Å²) in [5.41, 5.74) is 1.90. The van der Waals surface area contributed by atoms with Crippen molar-refractivity contribution >= 4 is 34.1 Å². The summed E-state index contributed by atoms with van der Waals surface area (Å²) in [5, 5.41) is 5.28. The molecule has 1 unspecified atom stereocenters. The van der Waals surface area contributed by atoms with Crippen LogP contribution in [-0.2, 0) is 14.3 Å². The number of anilines is 1. The van der Waals surface area contributed by atoms with Gasteiger partial charge < -0.3 is 19.7 Å². The molecule has 2 heterocycles. The van der Waals surface area contributed by atoms with Crippen molar-refractivity contribution in [1.82, 2.24) is 4.90 Å². The largest absolute Gasteiger partial charge is 0.497 e. The molecule has 32 heavy (non-hydrogen) atoms. The van der Waals surface area contributed by atoms with E-state index < -0.39 is 5.97 Å². The van der Waals surface area contributed by atoms with Crippen molar-refractivity contribution in [2.45, 2.75) is 32.6 Å². The van der Waals surface area contributed by atoms with Crippen molar-refractivity contribution in [3.05, 3.63) is 35.2 Å². The highest BCUT2D eigenvalue weighted by Crippen LogP contribution is 2.38. The highest BCUT2D eigenvalue weighted by molar-refractivity contribution is 7.15. The van der Waals surface area contributed by atoms with Crippen LogP contribution in [0.1, 0.15) is 43.0 Å². The van der Waals surface area contributed by atoms with Gasteiger partial charge in [-0.25, -0.2) is 4.79 Å². The van der Waals surface area contributed by atoms with Gasteiger partial charge in [-0.3, -0.25) is 9.59 Å². The summed E-state index contributed by atoms with van der Waals surface area (Å²) >= 11 is 1.30. The third kappa shape index (κ3) is 4.80. The molecule has 1 N–H and O–H groups in total. The Morgan fingerprint density at radius 2 is 1.88 bits per heavy atom. The number of benzene rings is 1. The van der Waals surface area contributed by atoms with Crippen LogP contribution in [-0.4, -0.2) is 49.5 Å². The molecule has 0 spiro atoms. The predicted molar refractivity (Wildman–Crippen MR) is 123 cm³/mol. The number of esters is 1. The molecule has 2 fully saturated rings. The van der Waals surface area contributed by atoms with Crippen LogP contribution >= 0.6 is 11.3 Å². The first kappa shape index (κ1) is 22.3.